The molecular weight excluding hydrogens is 358 g/mol. The first-order valence-corrected chi connectivity index (χ1v) is 10.0. The Labute approximate surface area is 171 Å². The highest BCUT2D eigenvalue weighted by Crippen LogP contribution is 2.21. The van der Waals surface area contributed by atoms with Crippen molar-refractivity contribution in [3.05, 3.63) is 101 Å². The van der Waals surface area contributed by atoms with Crippen molar-refractivity contribution in [1.82, 2.24) is 9.13 Å². The molecule has 0 aliphatic carbocycles. The third-order valence-corrected chi connectivity index (χ3v) is 5.55. The zero-order valence-electron chi connectivity index (χ0n) is 17.0. The van der Waals surface area contributed by atoms with Gasteiger partial charge in [-0.1, -0.05) is 71.8 Å². The number of nitrogens with zero attached hydrogens (tertiary/aromatic N) is 2. The minimum absolute atomic E-state index is 0.0109. The van der Waals surface area contributed by atoms with Crippen LogP contribution in [0.2, 0.25) is 0 Å². The SMILES string of the molecule is Cc1ccc(C[C@H](CO)n2c(=N)n(Cc3ccc(C)cc3)c3ccccc32)cc1. The number of aryl methyl sites for hydroxylation is 2. The molecule has 4 heteroatoms. The van der Waals surface area contributed by atoms with Gasteiger partial charge in [-0.3, -0.25) is 5.41 Å². The standard InChI is InChI=1S/C25H27N3O/c1-18-7-11-20(12-8-18)15-22(17-29)28-24-6-4-3-5-23(24)27(25(28)26)16-21-13-9-19(2)10-14-21/h3-14,22,26,29H,15-17H2,1-2H3/t22-/m1/s1. The first kappa shape index (κ1) is 19.2. The van der Waals surface area contributed by atoms with Crippen LogP contribution in [0.4, 0.5) is 0 Å². The summed E-state index contributed by atoms with van der Waals surface area (Å²) in [6, 6.07) is 24.7. The molecular formula is C25H27N3O. The van der Waals surface area contributed by atoms with Gasteiger partial charge in [0, 0.05) is 0 Å². The Morgan fingerprint density at radius 2 is 1.34 bits per heavy atom. The second-order valence-electron chi connectivity index (χ2n) is 7.78. The Hall–Kier alpha value is -3.11. The number of nitrogens with one attached hydrogen (secondary N) is 1. The van der Waals surface area contributed by atoms with Crippen molar-refractivity contribution in [2.24, 2.45) is 0 Å². The van der Waals surface area contributed by atoms with E-state index in [0.717, 1.165) is 22.2 Å². The van der Waals surface area contributed by atoms with Crippen LogP contribution in [0.5, 0.6) is 0 Å². The summed E-state index contributed by atoms with van der Waals surface area (Å²) in [6.45, 7) is 4.77. The summed E-state index contributed by atoms with van der Waals surface area (Å²) in [5, 5.41) is 19.1. The molecule has 0 aliphatic heterocycles. The van der Waals surface area contributed by atoms with E-state index in [2.05, 4.69) is 68.4 Å². The number of para-hydroxylation sites is 2. The smallest absolute Gasteiger partial charge is 0.203 e. The number of benzene rings is 3. The fourth-order valence-corrected chi connectivity index (χ4v) is 3.89. The quantitative estimate of drug-likeness (QED) is 0.509. The molecule has 0 spiro atoms. The molecule has 0 aliphatic rings. The number of rotatable bonds is 6. The second kappa shape index (κ2) is 8.10. The third-order valence-electron chi connectivity index (χ3n) is 5.55. The van der Waals surface area contributed by atoms with Crippen LogP contribution in [0, 0.1) is 19.3 Å². The van der Waals surface area contributed by atoms with E-state index in [1.165, 1.54) is 11.1 Å². The Morgan fingerprint density at radius 1 is 0.793 bits per heavy atom. The molecule has 0 unspecified atom stereocenters. The molecule has 4 nitrogen and oxygen atoms in total. The first-order valence-electron chi connectivity index (χ1n) is 10.0. The van der Waals surface area contributed by atoms with E-state index in [9.17, 15) is 5.11 Å². The molecule has 4 aromatic rings. The molecule has 0 fully saturated rings. The van der Waals surface area contributed by atoms with Crippen molar-refractivity contribution in [3.8, 4) is 0 Å². The van der Waals surface area contributed by atoms with E-state index in [0.29, 0.717) is 18.6 Å². The Kier molecular flexibility index (Phi) is 5.36. The summed E-state index contributed by atoms with van der Waals surface area (Å²) in [6.07, 6.45) is 0.686. The molecule has 1 aromatic heterocycles. The van der Waals surface area contributed by atoms with Gasteiger partial charge in [0.05, 0.1) is 30.2 Å². The van der Waals surface area contributed by atoms with Crippen molar-refractivity contribution < 1.29 is 5.11 Å². The van der Waals surface area contributed by atoms with Gasteiger partial charge in [0.15, 0.2) is 0 Å². The third kappa shape index (κ3) is 3.89. The maximum Gasteiger partial charge on any atom is 0.203 e. The number of hydrogen-bond donors (Lipinski definition) is 2. The van der Waals surface area contributed by atoms with E-state index in [1.807, 2.05) is 27.3 Å². The van der Waals surface area contributed by atoms with Crippen molar-refractivity contribution in [3.63, 3.8) is 0 Å². The molecule has 29 heavy (non-hydrogen) atoms. The van der Waals surface area contributed by atoms with Crippen LogP contribution in [-0.2, 0) is 13.0 Å². The predicted molar refractivity (Wildman–Crippen MR) is 117 cm³/mol. The molecule has 0 saturated heterocycles. The van der Waals surface area contributed by atoms with Crippen LogP contribution in [0.25, 0.3) is 11.0 Å². The van der Waals surface area contributed by atoms with Crippen LogP contribution in [0.1, 0.15) is 28.3 Å². The summed E-state index contributed by atoms with van der Waals surface area (Å²) < 4.78 is 4.00. The van der Waals surface area contributed by atoms with Gasteiger partial charge in [0.2, 0.25) is 5.62 Å². The molecule has 0 saturated carbocycles. The van der Waals surface area contributed by atoms with E-state index in [1.54, 1.807) is 0 Å². The Balaban J connectivity index is 1.77. The zero-order valence-corrected chi connectivity index (χ0v) is 17.0. The van der Waals surface area contributed by atoms with Gasteiger partial charge in [-0.25, -0.2) is 0 Å². The summed E-state index contributed by atoms with van der Waals surface area (Å²) in [4.78, 5) is 0. The molecule has 1 heterocycles. The molecule has 1 atom stereocenters. The molecule has 148 valence electrons. The van der Waals surface area contributed by atoms with E-state index in [-0.39, 0.29) is 12.6 Å². The number of fused-ring (bicyclic) bond motifs is 1. The maximum atomic E-state index is 10.2. The van der Waals surface area contributed by atoms with Gasteiger partial charge in [-0.2, -0.15) is 0 Å². The van der Waals surface area contributed by atoms with Gasteiger partial charge < -0.3 is 14.2 Å². The summed E-state index contributed by atoms with van der Waals surface area (Å²) >= 11 is 0. The average Bonchev–Trinajstić information content (AvgIpc) is 3.01. The normalized spacial score (nSPS) is 12.4. The average molecular weight is 386 g/mol. The molecule has 3 aromatic carbocycles. The van der Waals surface area contributed by atoms with Crippen LogP contribution < -0.4 is 5.62 Å². The second-order valence-corrected chi connectivity index (χ2v) is 7.78. The fraction of sp³-hybridized carbons (Fsp3) is 0.240. The van der Waals surface area contributed by atoms with Crippen molar-refractivity contribution in [1.29, 1.82) is 5.41 Å². The van der Waals surface area contributed by atoms with Gasteiger partial charge in [0.1, 0.15) is 0 Å². The lowest BCUT2D eigenvalue weighted by Gasteiger charge is -2.17. The van der Waals surface area contributed by atoms with Crippen LogP contribution in [0.15, 0.2) is 72.8 Å². The van der Waals surface area contributed by atoms with Gasteiger partial charge >= 0.3 is 0 Å². The first-order chi connectivity index (χ1) is 14.1. The number of aliphatic hydroxyl groups is 1. The number of imidazole rings is 1. The van der Waals surface area contributed by atoms with Crippen LogP contribution in [-0.4, -0.2) is 20.8 Å². The van der Waals surface area contributed by atoms with Crippen LogP contribution >= 0.6 is 0 Å². The minimum atomic E-state index is -0.186. The topological polar surface area (TPSA) is 53.9 Å². The van der Waals surface area contributed by atoms with E-state index >= 15 is 0 Å². The summed E-state index contributed by atoms with van der Waals surface area (Å²) in [7, 11) is 0. The lowest BCUT2D eigenvalue weighted by Crippen LogP contribution is -2.30. The monoisotopic (exact) mass is 385 g/mol. The predicted octanol–water partition coefficient (Wildman–Crippen LogP) is 4.36. The number of hydrogen-bond acceptors (Lipinski definition) is 2. The molecule has 4 rings (SSSR count). The molecule has 0 radical (unpaired) electrons. The lowest BCUT2D eigenvalue weighted by molar-refractivity contribution is 0.225. The van der Waals surface area contributed by atoms with Gasteiger partial charge in [0.25, 0.3) is 0 Å². The van der Waals surface area contributed by atoms with Gasteiger partial charge in [-0.15, -0.1) is 0 Å². The highest BCUT2D eigenvalue weighted by Gasteiger charge is 2.18. The lowest BCUT2D eigenvalue weighted by atomic mass is 10.0. The van der Waals surface area contributed by atoms with Crippen molar-refractivity contribution in [2.75, 3.05) is 6.61 Å². The zero-order chi connectivity index (χ0) is 20.4. The van der Waals surface area contributed by atoms with E-state index < -0.39 is 0 Å². The van der Waals surface area contributed by atoms with Gasteiger partial charge in [-0.05, 0) is 43.5 Å². The maximum absolute atomic E-state index is 10.2. The summed E-state index contributed by atoms with van der Waals surface area (Å²) in [5.74, 6) is 0. The molecule has 2 N–H and O–H groups in total. The van der Waals surface area contributed by atoms with Crippen molar-refractivity contribution in [2.45, 2.75) is 32.9 Å². The molecule has 0 amide bonds. The molecule has 0 bridgehead atoms. The van der Waals surface area contributed by atoms with E-state index in [4.69, 9.17) is 5.41 Å². The highest BCUT2D eigenvalue weighted by molar-refractivity contribution is 5.76. The number of aromatic nitrogens is 2. The Morgan fingerprint density at radius 3 is 1.93 bits per heavy atom. The number of aliphatic hydroxyl groups excluding tert-OH is 1. The van der Waals surface area contributed by atoms with Crippen LogP contribution in [0.3, 0.4) is 0 Å². The largest absolute Gasteiger partial charge is 0.394 e. The Bertz CT molecular complexity index is 1170. The minimum Gasteiger partial charge on any atom is -0.394 e. The fourth-order valence-electron chi connectivity index (χ4n) is 3.89. The van der Waals surface area contributed by atoms with Crippen molar-refractivity contribution >= 4 is 11.0 Å². The highest BCUT2D eigenvalue weighted by atomic mass is 16.3. The summed E-state index contributed by atoms with van der Waals surface area (Å²) in [5.41, 5.74) is 7.19.